The Morgan fingerprint density at radius 2 is 1.88 bits per heavy atom. The zero-order valence-corrected chi connectivity index (χ0v) is 17.0. The van der Waals surface area contributed by atoms with Crippen LogP contribution < -0.4 is 5.32 Å². The van der Waals surface area contributed by atoms with Gasteiger partial charge in [-0.2, -0.15) is 0 Å². The Labute approximate surface area is 163 Å². The number of rotatable bonds is 5. The van der Waals surface area contributed by atoms with Crippen LogP contribution in [0.15, 0.2) is 24.3 Å². The Kier molecular flexibility index (Phi) is 7.95. The molecule has 1 heterocycles. The Morgan fingerprint density at radius 1 is 1.16 bits per heavy atom. The largest absolute Gasteiger partial charge is 0.449 e. The Bertz CT molecular complexity index is 577. The van der Waals surface area contributed by atoms with Gasteiger partial charge in [0.1, 0.15) is 0 Å². The maximum atomic E-state index is 12.2. The van der Waals surface area contributed by atoms with Crippen LogP contribution in [0.25, 0.3) is 0 Å². The second-order valence-corrected chi connectivity index (χ2v) is 7.89. The third-order valence-electron chi connectivity index (χ3n) is 3.88. The molecule has 0 aromatic heterocycles. The first kappa shape index (κ1) is 20.0. The second kappa shape index (κ2) is 9.96. The first-order chi connectivity index (χ1) is 11.9. The van der Waals surface area contributed by atoms with Gasteiger partial charge in [0.25, 0.3) is 0 Å². The summed E-state index contributed by atoms with van der Waals surface area (Å²) in [4.78, 5) is 28.1. The molecule has 0 radical (unpaired) electrons. The first-order valence-corrected chi connectivity index (χ1v) is 9.71. The van der Waals surface area contributed by atoms with Crippen molar-refractivity contribution in [1.29, 1.82) is 0 Å². The number of carbonyl (C=O) groups excluding carboxylic acids is 2. The number of amides is 2. The lowest BCUT2D eigenvalue weighted by molar-refractivity contribution is -0.117. The van der Waals surface area contributed by atoms with E-state index in [9.17, 15) is 9.59 Å². The van der Waals surface area contributed by atoms with Crippen LogP contribution >= 0.6 is 22.6 Å². The van der Waals surface area contributed by atoms with Gasteiger partial charge in [-0.05, 0) is 59.2 Å². The molecule has 1 saturated heterocycles. The van der Waals surface area contributed by atoms with Crippen LogP contribution in [0, 0.1) is 9.49 Å². The lowest BCUT2D eigenvalue weighted by Crippen LogP contribution is -2.38. The van der Waals surface area contributed by atoms with Gasteiger partial charge in [-0.1, -0.05) is 13.8 Å². The number of nitrogens with one attached hydrogen (secondary N) is 1. The summed E-state index contributed by atoms with van der Waals surface area (Å²) in [5, 5.41) is 2.91. The number of hydrogen-bond donors (Lipinski definition) is 1. The Balaban J connectivity index is 1.77. The van der Waals surface area contributed by atoms with Crippen LogP contribution in [0.3, 0.4) is 0 Å². The van der Waals surface area contributed by atoms with Gasteiger partial charge in [-0.25, -0.2) is 4.79 Å². The molecule has 6 nitrogen and oxygen atoms in total. The highest BCUT2D eigenvalue weighted by molar-refractivity contribution is 14.1. The van der Waals surface area contributed by atoms with Gasteiger partial charge >= 0.3 is 6.09 Å². The Hall–Kier alpha value is -1.35. The standard InChI is InChI=1S/C18H26IN3O3/c1-14(2)13-25-18(24)22-9-3-8-21(10-11-22)12-17(23)20-16-6-4-15(19)5-7-16/h4-7,14H,3,8-13H2,1-2H3,(H,20,23). The molecule has 0 atom stereocenters. The number of halogens is 1. The molecule has 0 aliphatic carbocycles. The summed E-state index contributed by atoms with van der Waals surface area (Å²) in [6.45, 7) is 7.55. The van der Waals surface area contributed by atoms with E-state index in [1.165, 1.54) is 0 Å². The van der Waals surface area contributed by atoms with Crippen molar-refractivity contribution in [3.63, 3.8) is 0 Å². The fourth-order valence-electron chi connectivity index (χ4n) is 2.58. The van der Waals surface area contributed by atoms with Gasteiger partial charge in [0.2, 0.25) is 5.91 Å². The van der Waals surface area contributed by atoms with E-state index < -0.39 is 0 Å². The fourth-order valence-corrected chi connectivity index (χ4v) is 2.94. The van der Waals surface area contributed by atoms with Crippen molar-refractivity contribution >= 4 is 40.3 Å². The zero-order valence-electron chi connectivity index (χ0n) is 14.8. The minimum absolute atomic E-state index is 0.0305. The van der Waals surface area contributed by atoms with E-state index in [1.54, 1.807) is 4.90 Å². The summed E-state index contributed by atoms with van der Waals surface area (Å²) in [6, 6.07) is 7.72. The maximum absolute atomic E-state index is 12.2. The lowest BCUT2D eigenvalue weighted by Gasteiger charge is -2.21. The summed E-state index contributed by atoms with van der Waals surface area (Å²) in [5.41, 5.74) is 0.805. The van der Waals surface area contributed by atoms with Crippen molar-refractivity contribution < 1.29 is 14.3 Å². The number of nitrogens with zero attached hydrogens (tertiary/aromatic N) is 2. The molecule has 0 saturated carbocycles. The molecule has 2 rings (SSSR count). The van der Waals surface area contributed by atoms with Gasteiger partial charge in [-0.15, -0.1) is 0 Å². The van der Waals surface area contributed by atoms with E-state index in [4.69, 9.17) is 4.74 Å². The molecule has 1 aromatic carbocycles. The number of ether oxygens (including phenoxy) is 1. The molecule has 1 aromatic rings. The summed E-state index contributed by atoms with van der Waals surface area (Å²) in [5.74, 6) is 0.300. The summed E-state index contributed by atoms with van der Waals surface area (Å²) in [7, 11) is 0. The van der Waals surface area contributed by atoms with Crippen LogP contribution in [-0.4, -0.2) is 61.1 Å². The van der Waals surface area contributed by atoms with Crippen molar-refractivity contribution in [2.75, 3.05) is 44.6 Å². The number of benzene rings is 1. The van der Waals surface area contributed by atoms with Gasteiger partial charge in [0.05, 0.1) is 13.2 Å². The number of anilines is 1. The minimum Gasteiger partial charge on any atom is -0.449 e. The molecule has 25 heavy (non-hydrogen) atoms. The van der Waals surface area contributed by atoms with Crippen LogP contribution in [0.1, 0.15) is 20.3 Å². The van der Waals surface area contributed by atoms with E-state index in [0.717, 1.165) is 22.2 Å². The van der Waals surface area contributed by atoms with Crippen molar-refractivity contribution in [2.24, 2.45) is 5.92 Å². The normalized spacial score (nSPS) is 15.8. The van der Waals surface area contributed by atoms with Crippen LogP contribution in [0.5, 0.6) is 0 Å². The molecular formula is C18H26IN3O3. The average Bonchev–Trinajstić information content (AvgIpc) is 2.80. The van der Waals surface area contributed by atoms with Crippen LogP contribution in [0.4, 0.5) is 10.5 Å². The van der Waals surface area contributed by atoms with E-state index in [1.807, 2.05) is 38.1 Å². The third kappa shape index (κ3) is 7.19. The second-order valence-electron chi connectivity index (χ2n) is 6.64. The summed E-state index contributed by atoms with van der Waals surface area (Å²) in [6.07, 6.45) is 0.590. The van der Waals surface area contributed by atoms with Crippen molar-refractivity contribution in [3.8, 4) is 0 Å². The molecule has 2 amide bonds. The molecule has 1 fully saturated rings. The molecule has 1 aliphatic heterocycles. The first-order valence-electron chi connectivity index (χ1n) is 8.63. The quantitative estimate of drug-likeness (QED) is 0.688. The maximum Gasteiger partial charge on any atom is 0.409 e. The van der Waals surface area contributed by atoms with E-state index >= 15 is 0 Å². The van der Waals surface area contributed by atoms with Crippen LogP contribution in [-0.2, 0) is 9.53 Å². The summed E-state index contributed by atoms with van der Waals surface area (Å²) < 4.78 is 6.42. The zero-order chi connectivity index (χ0) is 18.2. The highest BCUT2D eigenvalue weighted by atomic mass is 127. The number of carbonyl (C=O) groups is 2. The van der Waals surface area contributed by atoms with Crippen molar-refractivity contribution in [3.05, 3.63) is 27.8 Å². The SMILES string of the molecule is CC(C)COC(=O)N1CCCN(CC(=O)Nc2ccc(I)cc2)CC1. The predicted molar refractivity (Wildman–Crippen MR) is 107 cm³/mol. The van der Waals surface area contributed by atoms with Crippen molar-refractivity contribution in [1.82, 2.24) is 9.80 Å². The molecule has 1 N–H and O–H groups in total. The van der Waals surface area contributed by atoms with Gasteiger partial charge in [0, 0.05) is 35.4 Å². The van der Waals surface area contributed by atoms with Crippen LogP contribution in [0.2, 0.25) is 0 Å². The summed E-state index contributed by atoms with van der Waals surface area (Å²) >= 11 is 2.23. The molecule has 138 valence electrons. The Morgan fingerprint density at radius 3 is 2.56 bits per heavy atom. The van der Waals surface area contributed by atoms with Crippen molar-refractivity contribution in [2.45, 2.75) is 20.3 Å². The molecule has 1 aliphatic rings. The lowest BCUT2D eigenvalue weighted by atomic mass is 10.2. The third-order valence-corrected chi connectivity index (χ3v) is 4.60. The highest BCUT2D eigenvalue weighted by Crippen LogP contribution is 2.11. The monoisotopic (exact) mass is 459 g/mol. The molecule has 0 unspecified atom stereocenters. The van der Waals surface area contributed by atoms with Gasteiger partial charge < -0.3 is 15.0 Å². The van der Waals surface area contributed by atoms with E-state index in [-0.39, 0.29) is 12.0 Å². The average molecular weight is 459 g/mol. The van der Waals surface area contributed by atoms with E-state index in [0.29, 0.717) is 38.7 Å². The fraction of sp³-hybridized carbons (Fsp3) is 0.556. The predicted octanol–water partition coefficient (Wildman–Crippen LogP) is 3.03. The smallest absolute Gasteiger partial charge is 0.409 e. The minimum atomic E-state index is -0.251. The van der Waals surface area contributed by atoms with E-state index in [2.05, 4.69) is 32.8 Å². The highest BCUT2D eigenvalue weighted by Gasteiger charge is 2.21. The van der Waals surface area contributed by atoms with Gasteiger partial charge in [0.15, 0.2) is 0 Å². The molecule has 0 bridgehead atoms. The topological polar surface area (TPSA) is 61.9 Å². The molecule has 0 spiro atoms. The van der Waals surface area contributed by atoms with Gasteiger partial charge in [-0.3, -0.25) is 9.69 Å². The molecular weight excluding hydrogens is 433 g/mol. The molecule has 7 heteroatoms. The number of hydrogen-bond acceptors (Lipinski definition) is 4.